The first-order valence-electron chi connectivity index (χ1n) is 19.5. The summed E-state index contributed by atoms with van der Waals surface area (Å²) in [6.45, 7) is 0. The highest BCUT2D eigenvalue weighted by Gasteiger charge is 2.15. The lowest BCUT2D eigenvalue weighted by molar-refractivity contribution is 1.19. The fourth-order valence-electron chi connectivity index (χ4n) is 5.32. The number of hydrogen-bond donors (Lipinski definition) is 0. The number of aromatic nitrogens is 2. The van der Waals surface area contributed by atoms with Gasteiger partial charge < -0.3 is 0 Å². The molecule has 44 heavy (non-hydrogen) atoms. The van der Waals surface area contributed by atoms with Crippen LogP contribution >= 0.6 is 0 Å². The van der Waals surface area contributed by atoms with Crippen LogP contribution in [0.25, 0.3) is 77.7 Å². The number of benzene rings is 7. The van der Waals surface area contributed by atoms with E-state index in [2.05, 4.69) is 0 Å². The molecule has 0 aliphatic carbocycles. The van der Waals surface area contributed by atoms with E-state index in [0.29, 0.717) is 17.1 Å². The number of hydrogen-bond acceptors (Lipinski definition) is 2. The monoisotopic (exact) mass is 571 g/mol. The van der Waals surface area contributed by atoms with Crippen molar-refractivity contribution >= 4 is 21.5 Å². The molecule has 0 bridgehead atoms. The molecule has 0 saturated carbocycles. The predicted octanol–water partition coefficient (Wildman–Crippen LogP) is 11.1. The van der Waals surface area contributed by atoms with E-state index in [-0.39, 0.29) is 22.0 Å². The van der Waals surface area contributed by atoms with Crippen LogP contribution in [0.15, 0.2) is 170 Å². The molecular weight excluding hydrogens is 532 g/mol. The smallest absolute Gasteiger partial charge is 0.160 e. The van der Waals surface area contributed by atoms with Crippen LogP contribution in [-0.4, -0.2) is 9.97 Å². The van der Waals surface area contributed by atoms with Crippen LogP contribution in [0.3, 0.4) is 0 Å². The van der Waals surface area contributed by atoms with E-state index in [1.54, 1.807) is 6.07 Å². The Labute approximate surface area is 272 Å². The molecule has 0 unspecified atom stereocenters. The van der Waals surface area contributed by atoms with Gasteiger partial charge in [0, 0.05) is 16.7 Å². The van der Waals surface area contributed by atoms with Gasteiger partial charge in [0.05, 0.1) is 26.5 Å². The van der Waals surface area contributed by atoms with E-state index < -0.39 is 77.6 Å². The number of fused-ring (bicyclic) bond motifs is 2. The molecule has 1 aromatic heterocycles. The Kier molecular flexibility index (Phi) is 4.21. The van der Waals surface area contributed by atoms with Crippen LogP contribution < -0.4 is 0 Å². The molecule has 0 spiro atoms. The van der Waals surface area contributed by atoms with Gasteiger partial charge in [-0.25, -0.2) is 9.97 Å². The third-order valence-corrected chi connectivity index (χ3v) is 7.42. The molecular formula is C42H28N2. The maximum Gasteiger partial charge on any atom is 0.160 e. The summed E-state index contributed by atoms with van der Waals surface area (Å²) in [7, 11) is 0. The van der Waals surface area contributed by atoms with Crippen molar-refractivity contribution in [3.05, 3.63) is 170 Å². The molecule has 0 aliphatic rings. The number of nitrogens with zero attached hydrogens (tertiary/aromatic N) is 2. The summed E-state index contributed by atoms with van der Waals surface area (Å²) >= 11 is 0. The van der Waals surface area contributed by atoms with Crippen molar-refractivity contribution in [1.29, 1.82) is 0 Å². The average molecular weight is 572 g/mol. The Morgan fingerprint density at radius 1 is 0.409 bits per heavy atom. The number of rotatable bonds is 5. The predicted molar refractivity (Wildman–Crippen MR) is 184 cm³/mol. The minimum Gasteiger partial charge on any atom is -0.228 e. The quantitative estimate of drug-likeness (QED) is 0.205. The van der Waals surface area contributed by atoms with Crippen molar-refractivity contribution in [2.45, 2.75) is 0 Å². The van der Waals surface area contributed by atoms with Crippen molar-refractivity contribution in [2.75, 3.05) is 0 Å². The highest BCUT2D eigenvalue weighted by Crippen LogP contribution is 2.37. The molecule has 0 fully saturated rings. The molecule has 8 aromatic rings. The van der Waals surface area contributed by atoms with Gasteiger partial charge in [0.15, 0.2) is 5.82 Å². The van der Waals surface area contributed by atoms with Crippen LogP contribution in [0.2, 0.25) is 0 Å². The second-order valence-electron chi connectivity index (χ2n) is 10.2. The van der Waals surface area contributed by atoms with Gasteiger partial charge in [-0.1, -0.05) is 151 Å². The molecule has 7 aromatic carbocycles. The average Bonchev–Trinajstić information content (AvgIpc) is 3.21. The SMILES string of the molecule is [2H]c1c([2H])c([2H])c(-c2c([2H])c([2H])c3c([2H])c(-c4cc(-c5ccc(-c6ccccc6)c6ccccc56)nc(-c5ccccc5)n4)c([2H])c([2H])c3c2[2H])c([2H])c1[2H]. The Morgan fingerprint density at radius 3 is 1.70 bits per heavy atom. The molecule has 2 nitrogen and oxygen atoms in total. The van der Waals surface area contributed by atoms with E-state index in [1.807, 2.05) is 97.1 Å². The van der Waals surface area contributed by atoms with Gasteiger partial charge in [-0.2, -0.15) is 0 Å². The van der Waals surface area contributed by atoms with Gasteiger partial charge in [-0.3, -0.25) is 0 Å². The standard InChI is InChI=1S/C42H28N2/c1-4-12-29(13-5-1)32-20-21-34-27-35(23-22-33(34)26-32)40-28-41(44-42(43-40)31-16-8-3-9-17-31)39-25-24-36(30-14-6-2-7-15-30)37-18-10-11-19-38(37)39/h1-28H/i1D,4D,5D,12D,13D,20D,21D,22D,23D,26D,27D. The van der Waals surface area contributed by atoms with Gasteiger partial charge >= 0.3 is 0 Å². The van der Waals surface area contributed by atoms with E-state index in [4.69, 9.17) is 22.3 Å². The third kappa shape index (κ3) is 4.83. The van der Waals surface area contributed by atoms with Crippen molar-refractivity contribution in [3.8, 4) is 56.2 Å². The first kappa shape index (κ1) is 16.7. The zero-order chi connectivity index (χ0) is 38.9. The Hall–Kier alpha value is -5.86. The summed E-state index contributed by atoms with van der Waals surface area (Å²) in [5.41, 5.74) is 3.07. The first-order valence-corrected chi connectivity index (χ1v) is 14.0. The third-order valence-electron chi connectivity index (χ3n) is 7.42. The van der Waals surface area contributed by atoms with E-state index in [0.717, 1.165) is 27.5 Å². The summed E-state index contributed by atoms with van der Waals surface area (Å²) in [5.74, 6) is 0.291. The van der Waals surface area contributed by atoms with Crippen LogP contribution in [0.5, 0.6) is 0 Å². The zero-order valence-electron chi connectivity index (χ0n) is 34.2. The molecule has 0 saturated heterocycles. The van der Waals surface area contributed by atoms with E-state index >= 15 is 0 Å². The van der Waals surface area contributed by atoms with E-state index in [1.165, 1.54) is 0 Å². The van der Waals surface area contributed by atoms with Crippen molar-refractivity contribution < 1.29 is 15.1 Å². The van der Waals surface area contributed by atoms with Gasteiger partial charge in [-0.15, -0.1) is 0 Å². The highest BCUT2D eigenvalue weighted by atomic mass is 14.9. The summed E-state index contributed by atoms with van der Waals surface area (Å²) in [6, 6.07) is 26.2. The zero-order valence-corrected chi connectivity index (χ0v) is 23.2. The molecule has 0 radical (unpaired) electrons. The highest BCUT2D eigenvalue weighted by molar-refractivity contribution is 6.04. The molecule has 0 amide bonds. The molecule has 8 rings (SSSR count). The Balaban J connectivity index is 1.41. The van der Waals surface area contributed by atoms with Crippen molar-refractivity contribution in [2.24, 2.45) is 0 Å². The fourth-order valence-corrected chi connectivity index (χ4v) is 5.32. The fraction of sp³-hybridized carbons (Fsp3) is 0. The summed E-state index contributed by atoms with van der Waals surface area (Å²) in [5, 5.41) is 1.30. The molecule has 1 heterocycles. The van der Waals surface area contributed by atoms with Crippen molar-refractivity contribution in [3.63, 3.8) is 0 Å². The topological polar surface area (TPSA) is 25.8 Å². The van der Waals surface area contributed by atoms with Crippen LogP contribution in [0.1, 0.15) is 15.1 Å². The molecule has 0 atom stereocenters. The van der Waals surface area contributed by atoms with Gasteiger partial charge in [0.1, 0.15) is 0 Å². The Bertz CT molecular complexity index is 2850. The summed E-state index contributed by atoms with van der Waals surface area (Å²) in [4.78, 5) is 9.77. The minimum absolute atomic E-state index is 0.105. The van der Waals surface area contributed by atoms with Crippen molar-refractivity contribution in [1.82, 2.24) is 9.97 Å². The van der Waals surface area contributed by atoms with Crippen LogP contribution in [0, 0.1) is 0 Å². The maximum atomic E-state index is 9.40. The van der Waals surface area contributed by atoms with Gasteiger partial charge in [-0.05, 0) is 61.9 Å². The molecule has 0 N–H and O–H groups in total. The van der Waals surface area contributed by atoms with Crippen LogP contribution in [-0.2, 0) is 0 Å². The molecule has 2 heteroatoms. The molecule has 0 aliphatic heterocycles. The normalized spacial score (nSPS) is 14.7. The second kappa shape index (κ2) is 11.1. The first-order chi connectivity index (χ1) is 26.4. The van der Waals surface area contributed by atoms with Gasteiger partial charge in [0.2, 0.25) is 0 Å². The summed E-state index contributed by atoms with van der Waals surface area (Å²) in [6.07, 6.45) is 0. The lowest BCUT2D eigenvalue weighted by Crippen LogP contribution is -1.97. The second-order valence-corrected chi connectivity index (χ2v) is 10.2. The minimum atomic E-state index is -0.679. The maximum absolute atomic E-state index is 9.40. The largest absolute Gasteiger partial charge is 0.228 e. The van der Waals surface area contributed by atoms with Crippen LogP contribution in [0.4, 0.5) is 0 Å². The Morgan fingerprint density at radius 2 is 0.977 bits per heavy atom. The van der Waals surface area contributed by atoms with E-state index in [9.17, 15) is 2.74 Å². The summed E-state index contributed by atoms with van der Waals surface area (Å²) < 4.78 is 96.1. The lowest BCUT2D eigenvalue weighted by atomic mass is 9.93. The lowest BCUT2D eigenvalue weighted by Gasteiger charge is -2.14. The van der Waals surface area contributed by atoms with Gasteiger partial charge in [0.25, 0.3) is 0 Å². The molecule has 206 valence electrons.